The van der Waals surface area contributed by atoms with Crippen LogP contribution >= 0.6 is 0 Å². The number of hydrogen-bond donors (Lipinski definition) is 0. The van der Waals surface area contributed by atoms with Crippen LogP contribution in [0.3, 0.4) is 0 Å². The first-order valence-corrected chi connectivity index (χ1v) is 13.1. The summed E-state index contributed by atoms with van der Waals surface area (Å²) < 4.78 is 23.0. The van der Waals surface area contributed by atoms with Crippen LogP contribution in [0.5, 0.6) is 0 Å². The summed E-state index contributed by atoms with van der Waals surface area (Å²) in [4.78, 5) is 4.33. The smallest absolute Gasteiger partial charge is 0.235 e. The molecule has 0 N–H and O–H groups in total. The Morgan fingerprint density at radius 1 is 1.30 bits per heavy atom. The molecule has 1 atom stereocenters. The third-order valence-electron chi connectivity index (χ3n) is 5.37. The van der Waals surface area contributed by atoms with Crippen LogP contribution in [-0.2, 0) is 23.3 Å². The second-order valence-electron chi connectivity index (χ2n) is 8.79. The van der Waals surface area contributed by atoms with Crippen molar-refractivity contribution in [3.8, 4) is 0 Å². The van der Waals surface area contributed by atoms with Crippen molar-refractivity contribution in [1.82, 2.24) is 24.4 Å². The third kappa shape index (κ3) is 3.43. The minimum absolute atomic E-state index is 0.321. The van der Waals surface area contributed by atoms with Gasteiger partial charge in [0.1, 0.15) is 6.73 Å². The SMILES string of the molecule is CC1(c2ccn(COCC[Si](C)(C)C)n2)CCc2cnc3cc(F)nn3c21. The molecule has 4 rings (SSSR count). The van der Waals surface area contributed by atoms with E-state index >= 15 is 0 Å². The first-order chi connectivity index (χ1) is 12.8. The maximum Gasteiger partial charge on any atom is 0.235 e. The number of ether oxygens (including phenoxy) is 1. The summed E-state index contributed by atoms with van der Waals surface area (Å²) in [7, 11) is -1.09. The average Bonchev–Trinajstić information content (AvgIpc) is 3.28. The Hall–Kier alpha value is -2.06. The largest absolute Gasteiger partial charge is 0.360 e. The van der Waals surface area contributed by atoms with Crippen LogP contribution in [0, 0.1) is 5.95 Å². The molecule has 0 fully saturated rings. The standard InChI is InChI=1S/C19H26FN5OSi/c1-19(15-6-8-24(22-15)13-26-9-10-27(2,3)4)7-5-14-12-21-17-11-16(20)23-25(17)18(14)19/h6,8,11-12H,5,7,9-10,13H2,1-4H3. The first kappa shape index (κ1) is 18.3. The van der Waals surface area contributed by atoms with Crippen LogP contribution in [0.15, 0.2) is 24.5 Å². The maximum atomic E-state index is 13.7. The van der Waals surface area contributed by atoms with Crippen molar-refractivity contribution < 1.29 is 9.13 Å². The Labute approximate surface area is 159 Å². The summed E-state index contributed by atoms with van der Waals surface area (Å²) >= 11 is 0. The minimum atomic E-state index is -1.09. The Bertz CT molecular complexity index is 976. The van der Waals surface area contributed by atoms with Crippen molar-refractivity contribution in [1.29, 1.82) is 0 Å². The molecule has 6 nitrogen and oxygen atoms in total. The van der Waals surface area contributed by atoms with Gasteiger partial charge in [-0.25, -0.2) is 14.2 Å². The molecule has 0 bridgehead atoms. The molecule has 1 aliphatic rings. The molecule has 1 unspecified atom stereocenters. The van der Waals surface area contributed by atoms with Gasteiger partial charge in [-0.3, -0.25) is 0 Å². The summed E-state index contributed by atoms with van der Waals surface area (Å²) in [5.74, 6) is -0.508. The van der Waals surface area contributed by atoms with E-state index in [1.54, 1.807) is 4.52 Å². The molecule has 0 spiro atoms. The third-order valence-corrected chi connectivity index (χ3v) is 7.08. The van der Waals surface area contributed by atoms with Crippen molar-refractivity contribution in [2.24, 2.45) is 0 Å². The number of nitrogens with zero attached hydrogens (tertiary/aromatic N) is 5. The summed E-state index contributed by atoms with van der Waals surface area (Å²) in [6.07, 6.45) is 5.58. The Kier molecular flexibility index (Phi) is 4.42. The molecular weight excluding hydrogens is 361 g/mol. The van der Waals surface area contributed by atoms with E-state index in [4.69, 9.17) is 9.84 Å². The molecule has 0 saturated carbocycles. The molecule has 8 heteroatoms. The quantitative estimate of drug-likeness (QED) is 0.479. The van der Waals surface area contributed by atoms with Crippen molar-refractivity contribution in [2.45, 2.75) is 57.6 Å². The van der Waals surface area contributed by atoms with Gasteiger partial charge < -0.3 is 4.74 Å². The van der Waals surface area contributed by atoms with Gasteiger partial charge in [-0.15, -0.1) is 5.10 Å². The molecule has 0 radical (unpaired) electrons. The molecule has 3 aromatic heterocycles. The monoisotopic (exact) mass is 387 g/mol. The van der Waals surface area contributed by atoms with Gasteiger partial charge in [0, 0.05) is 33.1 Å². The van der Waals surface area contributed by atoms with Gasteiger partial charge >= 0.3 is 0 Å². The highest BCUT2D eigenvalue weighted by Crippen LogP contribution is 2.42. The van der Waals surface area contributed by atoms with Gasteiger partial charge in [0.05, 0.1) is 16.8 Å². The first-order valence-electron chi connectivity index (χ1n) is 9.42. The second kappa shape index (κ2) is 6.52. The fourth-order valence-electron chi connectivity index (χ4n) is 3.73. The molecule has 0 aromatic carbocycles. The van der Waals surface area contributed by atoms with Crippen LogP contribution in [-0.4, -0.2) is 39.1 Å². The lowest BCUT2D eigenvalue weighted by Gasteiger charge is -2.23. The van der Waals surface area contributed by atoms with E-state index < -0.39 is 14.0 Å². The van der Waals surface area contributed by atoms with Crippen LogP contribution in [0.4, 0.5) is 4.39 Å². The number of hydrogen-bond acceptors (Lipinski definition) is 4. The molecule has 0 saturated heterocycles. The maximum absolute atomic E-state index is 13.7. The number of aryl methyl sites for hydroxylation is 1. The lowest BCUT2D eigenvalue weighted by atomic mass is 9.84. The van der Waals surface area contributed by atoms with E-state index in [2.05, 4.69) is 36.6 Å². The summed E-state index contributed by atoms with van der Waals surface area (Å²) in [5.41, 5.74) is 3.26. The molecule has 144 valence electrons. The fraction of sp³-hybridized carbons (Fsp3) is 0.526. The predicted octanol–water partition coefficient (Wildman–Crippen LogP) is 3.63. The van der Waals surface area contributed by atoms with Gasteiger partial charge in [0.2, 0.25) is 5.95 Å². The zero-order valence-electron chi connectivity index (χ0n) is 16.4. The lowest BCUT2D eigenvalue weighted by Crippen LogP contribution is -2.25. The molecule has 0 amide bonds. The topological polar surface area (TPSA) is 57.2 Å². The van der Waals surface area contributed by atoms with Gasteiger partial charge in [0.15, 0.2) is 5.65 Å². The van der Waals surface area contributed by atoms with Crippen molar-refractivity contribution in [3.63, 3.8) is 0 Å². The van der Waals surface area contributed by atoms with Crippen molar-refractivity contribution >= 4 is 13.7 Å². The number of rotatable bonds is 6. The van der Waals surface area contributed by atoms with Crippen LogP contribution in [0.25, 0.3) is 5.65 Å². The number of aromatic nitrogens is 5. The van der Waals surface area contributed by atoms with Crippen molar-refractivity contribution in [3.05, 3.63) is 47.4 Å². The summed E-state index contributed by atoms with van der Waals surface area (Å²) in [6.45, 7) is 10.4. The molecular formula is C19H26FN5OSi. The fourth-order valence-corrected chi connectivity index (χ4v) is 4.49. The molecule has 1 aliphatic carbocycles. The minimum Gasteiger partial charge on any atom is -0.360 e. The van der Waals surface area contributed by atoms with E-state index in [-0.39, 0.29) is 5.41 Å². The molecule has 3 aromatic rings. The predicted molar refractivity (Wildman–Crippen MR) is 104 cm³/mol. The molecule has 27 heavy (non-hydrogen) atoms. The summed E-state index contributed by atoms with van der Waals surface area (Å²) in [5, 5.41) is 8.79. The highest BCUT2D eigenvalue weighted by molar-refractivity contribution is 6.76. The highest BCUT2D eigenvalue weighted by Gasteiger charge is 2.41. The van der Waals surface area contributed by atoms with E-state index in [1.165, 1.54) is 6.07 Å². The number of halogens is 1. The Balaban J connectivity index is 1.57. The lowest BCUT2D eigenvalue weighted by molar-refractivity contribution is 0.0780. The van der Waals surface area contributed by atoms with E-state index in [9.17, 15) is 4.39 Å². The van der Waals surface area contributed by atoms with Crippen LogP contribution in [0.1, 0.15) is 30.3 Å². The van der Waals surface area contributed by atoms with Gasteiger partial charge in [0.25, 0.3) is 0 Å². The average molecular weight is 388 g/mol. The van der Waals surface area contributed by atoms with E-state index in [1.807, 2.05) is 23.1 Å². The Morgan fingerprint density at radius 3 is 2.89 bits per heavy atom. The zero-order valence-corrected chi connectivity index (χ0v) is 17.4. The number of fused-ring (bicyclic) bond motifs is 3. The Morgan fingerprint density at radius 2 is 2.11 bits per heavy atom. The molecule has 3 heterocycles. The highest BCUT2D eigenvalue weighted by atomic mass is 28.3. The zero-order chi connectivity index (χ0) is 19.2. The van der Waals surface area contributed by atoms with Gasteiger partial charge in [-0.1, -0.05) is 19.6 Å². The van der Waals surface area contributed by atoms with Crippen molar-refractivity contribution in [2.75, 3.05) is 6.61 Å². The van der Waals surface area contributed by atoms with Crippen LogP contribution in [0.2, 0.25) is 25.7 Å². The second-order valence-corrected chi connectivity index (χ2v) is 14.4. The van der Waals surface area contributed by atoms with Gasteiger partial charge in [-0.2, -0.15) is 9.49 Å². The van der Waals surface area contributed by atoms with E-state index in [0.717, 1.165) is 42.4 Å². The molecule has 0 aliphatic heterocycles. The summed E-state index contributed by atoms with van der Waals surface area (Å²) in [6, 6.07) is 4.54. The van der Waals surface area contributed by atoms with Gasteiger partial charge in [-0.05, 0) is 37.4 Å². The van der Waals surface area contributed by atoms with E-state index in [0.29, 0.717) is 12.4 Å². The van der Waals surface area contributed by atoms with Crippen LogP contribution < -0.4 is 0 Å². The normalized spacial score (nSPS) is 19.7.